The summed E-state index contributed by atoms with van der Waals surface area (Å²) in [4.78, 5) is 11.7. The van der Waals surface area contributed by atoms with Crippen LogP contribution in [0.2, 0.25) is 0 Å². The van der Waals surface area contributed by atoms with Crippen LogP contribution in [0.5, 0.6) is 0 Å². The monoisotopic (exact) mass is 282 g/mol. The van der Waals surface area contributed by atoms with Crippen molar-refractivity contribution < 1.29 is 9.66 Å². The van der Waals surface area contributed by atoms with E-state index in [0.717, 1.165) is 13.0 Å². The summed E-state index contributed by atoms with van der Waals surface area (Å²) in [5, 5.41) is 14.6. The zero-order chi connectivity index (χ0) is 13.8. The van der Waals surface area contributed by atoms with Crippen LogP contribution in [0.25, 0.3) is 0 Å². The maximum atomic E-state index is 11.3. The summed E-state index contributed by atoms with van der Waals surface area (Å²) >= 11 is 1.55. The maximum Gasteiger partial charge on any atom is 0.305 e. The number of thioether (sulfide) groups is 1. The highest BCUT2D eigenvalue weighted by atomic mass is 32.2. The van der Waals surface area contributed by atoms with Gasteiger partial charge in [-0.15, -0.1) is 11.8 Å². The van der Waals surface area contributed by atoms with Crippen LogP contribution >= 0.6 is 11.8 Å². The number of anilines is 1. The summed E-state index contributed by atoms with van der Waals surface area (Å²) in [6.07, 6.45) is 1.08. The molecule has 1 heterocycles. The second-order valence-electron chi connectivity index (χ2n) is 4.46. The number of nitro benzene ring substituents is 1. The molecule has 104 valence electrons. The predicted octanol–water partition coefficient (Wildman–Crippen LogP) is 3.30. The maximum absolute atomic E-state index is 11.3. The van der Waals surface area contributed by atoms with E-state index in [4.69, 9.17) is 4.74 Å². The highest BCUT2D eigenvalue weighted by Crippen LogP contribution is 2.40. The van der Waals surface area contributed by atoms with Gasteiger partial charge >= 0.3 is 5.69 Å². The molecule has 1 aliphatic rings. The van der Waals surface area contributed by atoms with Gasteiger partial charge in [0.25, 0.3) is 0 Å². The molecule has 0 amide bonds. The van der Waals surface area contributed by atoms with E-state index >= 15 is 0 Å². The lowest BCUT2D eigenvalue weighted by Gasteiger charge is -2.14. The summed E-state index contributed by atoms with van der Waals surface area (Å²) in [6.45, 7) is 5.35. The SMILES string of the molecule is CCNc1cccc(SC2CCOC2C)c1[N+](=O)[O-]. The number of hydrogen-bond donors (Lipinski definition) is 1. The van der Waals surface area contributed by atoms with E-state index in [0.29, 0.717) is 17.1 Å². The van der Waals surface area contributed by atoms with Crippen molar-refractivity contribution in [1.29, 1.82) is 0 Å². The second kappa shape index (κ2) is 6.25. The minimum absolute atomic E-state index is 0.146. The molecular weight excluding hydrogens is 264 g/mol. The van der Waals surface area contributed by atoms with Gasteiger partial charge in [-0.3, -0.25) is 10.1 Å². The van der Waals surface area contributed by atoms with Crippen molar-refractivity contribution in [2.24, 2.45) is 0 Å². The third-order valence-electron chi connectivity index (χ3n) is 3.13. The van der Waals surface area contributed by atoms with Gasteiger partial charge in [-0.25, -0.2) is 0 Å². The van der Waals surface area contributed by atoms with Gasteiger partial charge in [-0.2, -0.15) is 0 Å². The predicted molar refractivity (Wildman–Crippen MR) is 76.9 cm³/mol. The first-order chi connectivity index (χ1) is 9.13. The average molecular weight is 282 g/mol. The number of nitrogens with zero attached hydrogens (tertiary/aromatic N) is 1. The van der Waals surface area contributed by atoms with Gasteiger partial charge < -0.3 is 10.1 Å². The number of nitrogens with one attached hydrogen (secondary N) is 1. The van der Waals surface area contributed by atoms with Crippen molar-refractivity contribution in [1.82, 2.24) is 0 Å². The van der Waals surface area contributed by atoms with Crippen LogP contribution in [-0.2, 0) is 4.74 Å². The van der Waals surface area contributed by atoms with E-state index in [-0.39, 0.29) is 22.0 Å². The number of nitro groups is 1. The van der Waals surface area contributed by atoms with E-state index in [2.05, 4.69) is 5.32 Å². The Balaban J connectivity index is 2.28. The van der Waals surface area contributed by atoms with E-state index in [1.54, 1.807) is 17.8 Å². The largest absolute Gasteiger partial charge is 0.380 e. The molecule has 1 N–H and O–H groups in total. The van der Waals surface area contributed by atoms with Gasteiger partial charge in [0.1, 0.15) is 5.69 Å². The second-order valence-corrected chi connectivity index (χ2v) is 5.74. The number of ether oxygens (including phenoxy) is 1. The number of rotatable bonds is 5. The molecule has 0 saturated carbocycles. The molecule has 1 aromatic carbocycles. The first kappa shape index (κ1) is 14.1. The highest BCUT2D eigenvalue weighted by Gasteiger charge is 2.29. The minimum Gasteiger partial charge on any atom is -0.380 e. The summed E-state index contributed by atoms with van der Waals surface area (Å²) in [6, 6.07) is 5.42. The highest BCUT2D eigenvalue weighted by molar-refractivity contribution is 8.00. The fourth-order valence-corrected chi connectivity index (χ4v) is 3.43. The van der Waals surface area contributed by atoms with Crippen LogP contribution in [0.1, 0.15) is 20.3 Å². The van der Waals surface area contributed by atoms with Crippen molar-refractivity contribution in [3.63, 3.8) is 0 Å². The van der Waals surface area contributed by atoms with Crippen LogP contribution in [0, 0.1) is 10.1 Å². The molecule has 0 spiro atoms. The lowest BCUT2D eigenvalue weighted by molar-refractivity contribution is -0.386. The van der Waals surface area contributed by atoms with Crippen molar-refractivity contribution >= 4 is 23.1 Å². The molecule has 2 atom stereocenters. The van der Waals surface area contributed by atoms with E-state index in [1.807, 2.05) is 26.0 Å². The molecular formula is C13H18N2O3S. The summed E-state index contributed by atoms with van der Waals surface area (Å²) < 4.78 is 5.51. The van der Waals surface area contributed by atoms with Crippen LogP contribution in [0.3, 0.4) is 0 Å². The smallest absolute Gasteiger partial charge is 0.305 e. The van der Waals surface area contributed by atoms with E-state index in [9.17, 15) is 10.1 Å². The molecule has 1 fully saturated rings. The van der Waals surface area contributed by atoms with E-state index < -0.39 is 0 Å². The van der Waals surface area contributed by atoms with Gasteiger partial charge in [-0.1, -0.05) is 6.07 Å². The third kappa shape index (κ3) is 3.19. The normalized spacial score (nSPS) is 22.4. The molecule has 0 aliphatic carbocycles. The lowest BCUT2D eigenvalue weighted by Crippen LogP contribution is -2.13. The molecule has 2 unspecified atom stereocenters. The Morgan fingerprint density at radius 1 is 1.58 bits per heavy atom. The number of hydrogen-bond acceptors (Lipinski definition) is 5. The fourth-order valence-electron chi connectivity index (χ4n) is 2.17. The Kier molecular flexibility index (Phi) is 4.66. The fraction of sp³-hybridized carbons (Fsp3) is 0.538. The molecule has 19 heavy (non-hydrogen) atoms. The molecule has 1 saturated heterocycles. The Morgan fingerprint density at radius 3 is 2.95 bits per heavy atom. The summed E-state index contributed by atoms with van der Waals surface area (Å²) in [5.41, 5.74) is 0.762. The van der Waals surface area contributed by atoms with Crippen LogP contribution < -0.4 is 5.32 Å². The van der Waals surface area contributed by atoms with Gasteiger partial charge in [0, 0.05) is 18.4 Å². The van der Waals surface area contributed by atoms with Gasteiger partial charge in [0.2, 0.25) is 0 Å². The first-order valence-electron chi connectivity index (χ1n) is 6.43. The Bertz CT molecular complexity index is 467. The molecule has 5 nitrogen and oxygen atoms in total. The molecule has 0 bridgehead atoms. The standard InChI is InChI=1S/C13H18N2O3S/c1-3-14-10-5-4-6-12(13(10)15(16)17)19-11-7-8-18-9(11)2/h4-6,9,11,14H,3,7-8H2,1-2H3. The number of para-hydroxylation sites is 1. The van der Waals surface area contributed by atoms with E-state index in [1.165, 1.54) is 0 Å². The topological polar surface area (TPSA) is 64.4 Å². The van der Waals surface area contributed by atoms with Crippen molar-refractivity contribution in [2.75, 3.05) is 18.5 Å². The summed E-state index contributed by atoms with van der Waals surface area (Å²) in [5.74, 6) is 0. The zero-order valence-corrected chi connectivity index (χ0v) is 11.9. The Morgan fingerprint density at radius 2 is 2.37 bits per heavy atom. The zero-order valence-electron chi connectivity index (χ0n) is 11.1. The van der Waals surface area contributed by atoms with Crippen LogP contribution in [0.15, 0.2) is 23.1 Å². The van der Waals surface area contributed by atoms with Gasteiger partial charge in [0.15, 0.2) is 0 Å². The molecule has 2 rings (SSSR count). The molecule has 6 heteroatoms. The Hall–Kier alpha value is -1.27. The molecule has 0 radical (unpaired) electrons. The van der Waals surface area contributed by atoms with Crippen molar-refractivity contribution in [2.45, 2.75) is 36.5 Å². The van der Waals surface area contributed by atoms with Crippen molar-refractivity contribution in [3.05, 3.63) is 28.3 Å². The minimum atomic E-state index is -0.305. The van der Waals surface area contributed by atoms with Gasteiger partial charge in [0.05, 0.1) is 15.9 Å². The number of benzene rings is 1. The van der Waals surface area contributed by atoms with Crippen LogP contribution in [0.4, 0.5) is 11.4 Å². The quantitative estimate of drug-likeness (QED) is 0.663. The van der Waals surface area contributed by atoms with Crippen molar-refractivity contribution in [3.8, 4) is 0 Å². The lowest BCUT2D eigenvalue weighted by atomic mass is 10.2. The molecule has 1 aromatic rings. The van der Waals surface area contributed by atoms with Crippen LogP contribution in [-0.4, -0.2) is 29.4 Å². The molecule has 1 aliphatic heterocycles. The average Bonchev–Trinajstić information content (AvgIpc) is 2.75. The molecule has 0 aromatic heterocycles. The summed E-state index contributed by atoms with van der Waals surface area (Å²) in [7, 11) is 0. The van der Waals surface area contributed by atoms with Gasteiger partial charge in [-0.05, 0) is 32.4 Å². The third-order valence-corrected chi connectivity index (χ3v) is 4.64. The first-order valence-corrected chi connectivity index (χ1v) is 7.31. The Labute approximate surface area is 116 Å².